The zero-order valence-electron chi connectivity index (χ0n) is 30.7. The molecule has 2 saturated heterocycles. The lowest BCUT2D eigenvalue weighted by atomic mass is 9.99. The Morgan fingerprint density at radius 2 is 1.78 bits per heavy atom. The van der Waals surface area contributed by atoms with Crippen LogP contribution in [0.1, 0.15) is 44.7 Å². The molecule has 0 saturated carbocycles. The highest BCUT2D eigenvalue weighted by Gasteiger charge is 2.32. The summed E-state index contributed by atoms with van der Waals surface area (Å²) in [5.74, 6) is 2.30. The van der Waals surface area contributed by atoms with Crippen molar-refractivity contribution in [2.24, 2.45) is 0 Å². The Hall–Kier alpha value is -4.27. The smallest absolute Gasteiger partial charge is 0.237 e. The fourth-order valence-electron chi connectivity index (χ4n) is 7.02. The van der Waals surface area contributed by atoms with Gasteiger partial charge >= 0.3 is 0 Å². The average Bonchev–Trinajstić information content (AvgIpc) is 3.14. The molecule has 0 aliphatic carbocycles. The van der Waals surface area contributed by atoms with Crippen molar-refractivity contribution in [2.45, 2.75) is 51.3 Å². The maximum atomic E-state index is 13.4. The largest absolute Gasteiger partial charge is 0.494 e. The Balaban J connectivity index is 1.26. The second-order valence-electron chi connectivity index (χ2n) is 13.6. The molecule has 51 heavy (non-hydrogen) atoms. The Morgan fingerprint density at radius 3 is 2.45 bits per heavy atom. The third-order valence-electron chi connectivity index (χ3n) is 10.2. The predicted octanol–water partition coefficient (Wildman–Crippen LogP) is 5.34. The number of likely N-dealkylation sites (N-methyl/N-ethyl adjacent to an activating group) is 1. The zero-order chi connectivity index (χ0) is 36.3. The van der Waals surface area contributed by atoms with Crippen molar-refractivity contribution in [1.29, 1.82) is 0 Å². The van der Waals surface area contributed by atoms with Crippen molar-refractivity contribution < 1.29 is 22.6 Å². The number of ether oxygens (including phenoxy) is 3. The van der Waals surface area contributed by atoms with Crippen LogP contribution in [0.15, 0.2) is 37.0 Å². The molecule has 2 aromatic carbocycles. The Labute approximate surface area is 302 Å². The van der Waals surface area contributed by atoms with E-state index in [2.05, 4.69) is 63.0 Å². The molecule has 0 bridgehead atoms. The molecule has 0 unspecified atom stereocenters. The number of hydrogen-bond acceptors (Lipinski definition) is 12. The van der Waals surface area contributed by atoms with E-state index in [1.165, 1.54) is 22.6 Å². The van der Waals surface area contributed by atoms with Crippen LogP contribution in [-0.4, -0.2) is 113 Å². The van der Waals surface area contributed by atoms with E-state index < -0.39 is 15.3 Å². The van der Waals surface area contributed by atoms with Gasteiger partial charge in [-0.1, -0.05) is 19.6 Å². The van der Waals surface area contributed by atoms with Crippen molar-refractivity contribution in [3.8, 4) is 17.2 Å². The van der Waals surface area contributed by atoms with Gasteiger partial charge in [0.05, 0.1) is 23.7 Å². The van der Waals surface area contributed by atoms with Crippen LogP contribution < -0.4 is 34.0 Å². The number of aromatic nitrogens is 2. The maximum Gasteiger partial charge on any atom is 0.237 e. The van der Waals surface area contributed by atoms with Gasteiger partial charge in [0.15, 0.2) is 11.5 Å². The summed E-state index contributed by atoms with van der Waals surface area (Å²) in [5.41, 5.74) is 4.62. The minimum absolute atomic E-state index is 0.299. The van der Waals surface area contributed by atoms with Crippen LogP contribution in [0.4, 0.5) is 34.5 Å². The quantitative estimate of drug-likeness (QED) is 0.251. The van der Waals surface area contributed by atoms with E-state index in [-0.39, 0.29) is 0 Å². The molecule has 276 valence electrons. The van der Waals surface area contributed by atoms with E-state index in [4.69, 9.17) is 19.2 Å². The fourth-order valence-corrected chi connectivity index (χ4v) is 8.09. The van der Waals surface area contributed by atoms with Crippen molar-refractivity contribution in [3.63, 3.8) is 0 Å². The molecule has 3 aliphatic rings. The van der Waals surface area contributed by atoms with Crippen LogP contribution in [0.3, 0.4) is 0 Å². The molecular weight excluding hydrogens is 669 g/mol. The Bertz CT molecular complexity index is 1820. The van der Waals surface area contributed by atoms with E-state index in [0.717, 1.165) is 64.2 Å². The van der Waals surface area contributed by atoms with Crippen LogP contribution in [0.5, 0.6) is 17.2 Å². The third-order valence-corrected chi connectivity index (χ3v) is 12.3. The minimum Gasteiger partial charge on any atom is -0.494 e. The van der Waals surface area contributed by atoms with Gasteiger partial charge in [-0.3, -0.25) is 9.21 Å². The number of fused-ring (bicyclic) bond motifs is 1. The summed E-state index contributed by atoms with van der Waals surface area (Å²) in [6, 6.07) is 8.42. The number of piperidine rings is 1. The number of methoxy groups -OCH3 is 1. The van der Waals surface area contributed by atoms with Crippen molar-refractivity contribution >= 4 is 50.6 Å². The summed E-state index contributed by atoms with van der Waals surface area (Å²) < 4.78 is 45.6. The van der Waals surface area contributed by atoms with E-state index in [0.29, 0.717) is 65.2 Å². The van der Waals surface area contributed by atoms with Crippen LogP contribution in [0.2, 0.25) is 0 Å². The maximum absolute atomic E-state index is 13.4. The van der Waals surface area contributed by atoms with Crippen molar-refractivity contribution in [1.82, 2.24) is 19.8 Å². The van der Waals surface area contributed by atoms with Gasteiger partial charge in [0.1, 0.15) is 30.5 Å². The number of piperazine rings is 1. The van der Waals surface area contributed by atoms with Gasteiger partial charge in [-0.25, -0.2) is 13.4 Å². The summed E-state index contributed by atoms with van der Waals surface area (Å²) in [6.07, 6.45) is 6.48. The summed E-state index contributed by atoms with van der Waals surface area (Å²) >= 11 is 0. The van der Waals surface area contributed by atoms with Gasteiger partial charge in [-0.2, -0.15) is 4.98 Å². The SMILES string of the molecule is C=Cc1cnc(Nc2cc(CC)c(N3CCC(N4CCN(C)CC4)CC3)cc2OC)nc1Nc1ccc2c(c1N(C)S(=O)(=O)C(C)C)OCCO2. The van der Waals surface area contributed by atoms with Crippen LogP contribution in [0, 0.1) is 0 Å². The van der Waals surface area contributed by atoms with Gasteiger partial charge in [-0.15, -0.1) is 0 Å². The number of rotatable bonds is 12. The van der Waals surface area contributed by atoms with Gasteiger partial charge < -0.3 is 34.6 Å². The van der Waals surface area contributed by atoms with Gasteiger partial charge in [0.2, 0.25) is 16.0 Å². The normalized spacial score (nSPS) is 17.4. The molecule has 3 aromatic rings. The molecular formula is C37H52N8O5S. The number of hydrogen-bond donors (Lipinski definition) is 2. The first kappa shape index (κ1) is 36.5. The number of nitrogens with one attached hydrogen (secondary N) is 2. The first-order chi connectivity index (χ1) is 24.5. The monoisotopic (exact) mass is 720 g/mol. The number of aryl methyl sites for hydroxylation is 1. The van der Waals surface area contributed by atoms with Crippen molar-refractivity contribution in [3.05, 3.63) is 48.2 Å². The van der Waals surface area contributed by atoms with E-state index >= 15 is 0 Å². The molecule has 1 aromatic heterocycles. The van der Waals surface area contributed by atoms with E-state index in [9.17, 15) is 8.42 Å². The summed E-state index contributed by atoms with van der Waals surface area (Å²) in [5, 5.41) is 6.07. The molecule has 6 rings (SSSR count). The zero-order valence-corrected chi connectivity index (χ0v) is 31.6. The Morgan fingerprint density at radius 1 is 1.06 bits per heavy atom. The van der Waals surface area contributed by atoms with Gasteiger partial charge in [0.25, 0.3) is 0 Å². The molecule has 0 atom stereocenters. The third kappa shape index (κ3) is 7.68. The molecule has 2 fully saturated rings. The first-order valence-electron chi connectivity index (χ1n) is 17.9. The summed E-state index contributed by atoms with van der Waals surface area (Å²) in [4.78, 5) is 17.0. The highest BCUT2D eigenvalue weighted by atomic mass is 32.2. The number of nitrogens with zero attached hydrogens (tertiary/aromatic N) is 6. The lowest BCUT2D eigenvalue weighted by Crippen LogP contribution is -2.52. The first-order valence-corrected chi connectivity index (χ1v) is 19.4. The molecule has 2 N–H and O–H groups in total. The molecule has 0 spiro atoms. The van der Waals surface area contributed by atoms with Crippen LogP contribution in [-0.2, 0) is 16.4 Å². The molecule has 0 amide bonds. The molecule has 14 heteroatoms. The summed E-state index contributed by atoms with van der Waals surface area (Å²) in [6.45, 7) is 16.7. The molecule has 0 radical (unpaired) electrons. The second-order valence-corrected chi connectivity index (χ2v) is 16.1. The number of benzene rings is 2. The highest BCUT2D eigenvalue weighted by molar-refractivity contribution is 7.93. The minimum atomic E-state index is -3.71. The average molecular weight is 721 g/mol. The topological polar surface area (TPSA) is 125 Å². The van der Waals surface area contributed by atoms with Gasteiger partial charge in [0, 0.05) is 75.9 Å². The highest BCUT2D eigenvalue weighted by Crippen LogP contribution is 2.47. The fraction of sp³-hybridized carbons (Fsp3) is 0.514. The standard InChI is InChI=1S/C37H52N8O5S/c1-8-26-22-30(33(48-7)23-31(26)45-14-12-28(13-15-45)44-18-16-42(5)17-19-44)40-37-38-24-27(9-2)36(41-37)39-29-10-11-32-35(50-21-20-49-32)34(29)43(6)51(46,47)25(3)4/h9-11,22-25,28H,2,8,12-21H2,1,3-7H3,(H2,38,39,40,41). The molecule has 13 nitrogen and oxygen atoms in total. The van der Waals surface area contributed by atoms with Crippen LogP contribution >= 0.6 is 0 Å². The molecule has 3 aliphatic heterocycles. The Kier molecular flexibility index (Phi) is 11.1. The van der Waals surface area contributed by atoms with Crippen LogP contribution in [0.25, 0.3) is 6.08 Å². The lowest BCUT2D eigenvalue weighted by molar-refractivity contribution is 0.0982. The number of anilines is 6. The summed E-state index contributed by atoms with van der Waals surface area (Å²) in [7, 11) is 1.69. The molecule has 4 heterocycles. The van der Waals surface area contributed by atoms with Gasteiger partial charge in [-0.05, 0) is 63.9 Å². The van der Waals surface area contributed by atoms with E-state index in [1.807, 2.05) is 0 Å². The van der Waals surface area contributed by atoms with Crippen molar-refractivity contribution in [2.75, 3.05) is 93.5 Å². The number of sulfonamides is 1. The predicted molar refractivity (Wildman–Crippen MR) is 205 cm³/mol. The lowest BCUT2D eigenvalue weighted by Gasteiger charge is -2.43. The second kappa shape index (κ2) is 15.5. The van der Waals surface area contributed by atoms with E-state index in [1.54, 1.807) is 45.4 Å².